The van der Waals surface area contributed by atoms with Crippen LogP contribution in [0.1, 0.15) is 52.7 Å². The van der Waals surface area contributed by atoms with Gasteiger partial charge in [-0.15, -0.1) is 0 Å². The Kier molecular flexibility index (Phi) is 8.17. The molecule has 0 unspecified atom stereocenters. The van der Waals surface area contributed by atoms with Gasteiger partial charge in [-0.05, 0) is 76.1 Å². The summed E-state index contributed by atoms with van der Waals surface area (Å²) in [7, 11) is 0. The molecule has 0 aliphatic carbocycles. The van der Waals surface area contributed by atoms with Gasteiger partial charge in [0.25, 0.3) is 0 Å². The number of hydrogen-bond acceptors (Lipinski definition) is 4. The number of hydrogen-bond donors (Lipinski definition) is 0. The predicted molar refractivity (Wildman–Crippen MR) is 239 cm³/mol. The summed E-state index contributed by atoms with van der Waals surface area (Å²) >= 11 is 0. The van der Waals surface area contributed by atoms with Crippen LogP contribution in [0.3, 0.4) is 0 Å². The van der Waals surface area contributed by atoms with Crippen molar-refractivity contribution in [3.05, 3.63) is 169 Å². The molecule has 6 heteroatoms. The first-order chi connectivity index (χ1) is 28.0. The second-order valence-electron chi connectivity index (χ2n) is 17.3. The molecule has 0 amide bonds. The summed E-state index contributed by atoms with van der Waals surface area (Å²) in [5.41, 5.74) is 12.2. The van der Waals surface area contributed by atoms with Crippen molar-refractivity contribution in [2.45, 2.75) is 52.4 Å². The van der Waals surface area contributed by atoms with Crippen LogP contribution in [0.5, 0.6) is 0 Å². The highest BCUT2D eigenvalue weighted by Gasteiger charge is 2.23. The zero-order valence-corrected chi connectivity index (χ0v) is 33.7. The summed E-state index contributed by atoms with van der Waals surface area (Å²) in [6.45, 7) is 13.7. The van der Waals surface area contributed by atoms with Gasteiger partial charge >= 0.3 is 0 Å². The third-order valence-corrected chi connectivity index (χ3v) is 11.3. The molecule has 8 aromatic rings. The van der Waals surface area contributed by atoms with Crippen LogP contribution in [0.2, 0.25) is 0 Å². The van der Waals surface area contributed by atoms with Gasteiger partial charge in [0.2, 0.25) is 5.95 Å². The predicted octanol–water partition coefficient (Wildman–Crippen LogP) is 13.0. The van der Waals surface area contributed by atoms with Crippen LogP contribution in [0.25, 0.3) is 89.6 Å². The van der Waals surface area contributed by atoms with Gasteiger partial charge in [0.05, 0.1) is 16.6 Å². The third-order valence-electron chi connectivity index (χ3n) is 11.3. The highest BCUT2D eigenvalue weighted by atomic mass is 15.2. The average Bonchev–Trinajstić information content (AvgIpc) is 3.79. The highest BCUT2D eigenvalue weighted by molar-refractivity contribution is 6.10. The highest BCUT2D eigenvalue weighted by Crippen LogP contribution is 2.41. The number of fused-ring (bicyclic) bond motifs is 6. The molecule has 2 aliphatic heterocycles. The molecule has 0 N–H and O–H groups in total. The van der Waals surface area contributed by atoms with Crippen molar-refractivity contribution < 1.29 is 0 Å². The summed E-state index contributed by atoms with van der Waals surface area (Å²) < 4.78 is 4.41. The normalized spacial score (nSPS) is 12.3. The summed E-state index contributed by atoms with van der Waals surface area (Å²) in [6, 6.07) is 53.7. The molecule has 4 heterocycles. The largest absolute Gasteiger partial charge is 0.309 e. The number of para-hydroxylation sites is 1. The van der Waals surface area contributed by atoms with Crippen LogP contribution in [0.4, 0.5) is 0 Å². The Hall–Kier alpha value is -6.92. The maximum absolute atomic E-state index is 5.39. The van der Waals surface area contributed by atoms with Crippen LogP contribution >= 0.6 is 0 Å². The van der Waals surface area contributed by atoms with Crippen molar-refractivity contribution in [1.82, 2.24) is 29.1 Å². The number of rotatable bonds is 5. The van der Waals surface area contributed by atoms with Crippen LogP contribution in [-0.4, -0.2) is 29.1 Å². The minimum atomic E-state index is 0.0367. The van der Waals surface area contributed by atoms with Gasteiger partial charge in [-0.3, -0.25) is 4.57 Å². The minimum Gasteiger partial charge on any atom is -0.309 e. The van der Waals surface area contributed by atoms with Gasteiger partial charge in [-0.1, -0.05) is 145 Å². The molecular formula is C52H44N6. The lowest BCUT2D eigenvalue weighted by atomic mass is 9.85. The number of benzene rings is 6. The van der Waals surface area contributed by atoms with Crippen LogP contribution in [0.15, 0.2) is 158 Å². The summed E-state index contributed by atoms with van der Waals surface area (Å²) in [6.07, 6.45) is 1.99. The van der Waals surface area contributed by atoms with Crippen molar-refractivity contribution in [2.24, 2.45) is 0 Å². The Morgan fingerprint density at radius 1 is 0.431 bits per heavy atom. The number of aromatic nitrogens is 6. The first-order valence-electron chi connectivity index (χ1n) is 20.0. The van der Waals surface area contributed by atoms with E-state index >= 15 is 0 Å². The molecule has 0 radical (unpaired) electrons. The molecular weight excluding hydrogens is 709 g/mol. The second kappa shape index (κ2) is 13.3. The minimum absolute atomic E-state index is 0.0367. The van der Waals surface area contributed by atoms with E-state index in [1.54, 1.807) is 0 Å². The van der Waals surface area contributed by atoms with Crippen LogP contribution < -0.4 is 0 Å². The van der Waals surface area contributed by atoms with E-state index in [1.807, 2.05) is 77.5 Å². The Labute approximate surface area is 338 Å². The molecule has 6 aromatic carbocycles. The van der Waals surface area contributed by atoms with E-state index in [9.17, 15) is 0 Å². The molecule has 6 nitrogen and oxygen atoms in total. The summed E-state index contributed by atoms with van der Waals surface area (Å²) in [5, 5.41) is 3.63. The van der Waals surface area contributed by atoms with Gasteiger partial charge in [0, 0.05) is 50.3 Å². The van der Waals surface area contributed by atoms with Gasteiger partial charge in [0.1, 0.15) is 5.82 Å². The SMILES string of the molecule is CC(C)(C)c1ccc2c(c1)c1cc(C(C)(C)C)ccc1n2-c1cccc(-c2cccc3c4cccn(-c5nc(-c6ccccc6)nc(-c6ccccc6)n5)c-4nc23)c1. The lowest BCUT2D eigenvalue weighted by molar-refractivity contribution is 0.590. The standard InChI is InChI=1S/C52H44N6/c1-51(2,3)36-25-27-44-42(31-36)43-32-37(52(4,5)6)26-28-45(43)58(44)38-21-13-20-35(30-38)39-22-14-23-40-41-24-15-29-57(49(41)53-46(39)40)50-55-47(33-16-9-7-10-17-33)54-48(56-50)34-18-11-8-12-19-34/h7-32H,1-6H3. The van der Waals surface area contributed by atoms with Crippen molar-refractivity contribution in [3.63, 3.8) is 0 Å². The maximum Gasteiger partial charge on any atom is 0.239 e. The van der Waals surface area contributed by atoms with E-state index < -0.39 is 0 Å². The molecule has 0 bridgehead atoms. The average molecular weight is 753 g/mol. The van der Waals surface area contributed by atoms with E-state index in [1.165, 1.54) is 32.9 Å². The fourth-order valence-corrected chi connectivity index (χ4v) is 8.16. The molecule has 0 atom stereocenters. The zero-order chi connectivity index (χ0) is 39.8. The smallest absolute Gasteiger partial charge is 0.239 e. The van der Waals surface area contributed by atoms with Gasteiger partial charge in [-0.2, -0.15) is 9.97 Å². The van der Waals surface area contributed by atoms with E-state index in [4.69, 9.17) is 19.9 Å². The van der Waals surface area contributed by atoms with E-state index in [2.05, 4.69) is 131 Å². The Morgan fingerprint density at radius 3 is 1.57 bits per heavy atom. The first-order valence-corrected chi connectivity index (χ1v) is 20.0. The zero-order valence-electron chi connectivity index (χ0n) is 33.7. The van der Waals surface area contributed by atoms with Gasteiger partial charge in [-0.25, -0.2) is 9.97 Å². The maximum atomic E-state index is 5.39. The van der Waals surface area contributed by atoms with Crippen LogP contribution in [0, 0.1) is 0 Å². The lowest BCUT2D eigenvalue weighted by Crippen LogP contribution is -2.10. The monoisotopic (exact) mass is 752 g/mol. The molecule has 2 aliphatic rings. The third kappa shape index (κ3) is 6.04. The quantitative estimate of drug-likeness (QED) is 0.176. The summed E-state index contributed by atoms with van der Waals surface area (Å²) in [4.78, 5) is 20.4. The fraction of sp³-hybridized carbons (Fsp3) is 0.154. The molecule has 0 saturated heterocycles. The van der Waals surface area contributed by atoms with Crippen molar-refractivity contribution >= 4 is 32.7 Å². The molecule has 58 heavy (non-hydrogen) atoms. The summed E-state index contributed by atoms with van der Waals surface area (Å²) in [5.74, 6) is 2.52. The van der Waals surface area contributed by atoms with Crippen molar-refractivity contribution in [3.8, 4) is 56.9 Å². The van der Waals surface area contributed by atoms with E-state index in [0.29, 0.717) is 17.6 Å². The lowest BCUT2D eigenvalue weighted by Gasteiger charge is -2.19. The Balaban J connectivity index is 1.14. The van der Waals surface area contributed by atoms with Gasteiger partial charge < -0.3 is 4.57 Å². The fourth-order valence-electron chi connectivity index (χ4n) is 8.16. The van der Waals surface area contributed by atoms with Gasteiger partial charge in [0.15, 0.2) is 11.6 Å². The van der Waals surface area contributed by atoms with E-state index in [0.717, 1.165) is 50.2 Å². The van der Waals surface area contributed by atoms with Crippen molar-refractivity contribution in [2.75, 3.05) is 0 Å². The molecule has 282 valence electrons. The molecule has 2 aromatic heterocycles. The molecule has 0 fully saturated rings. The Bertz CT molecular complexity index is 2990. The second-order valence-corrected chi connectivity index (χ2v) is 17.3. The topological polar surface area (TPSA) is 61.4 Å². The van der Waals surface area contributed by atoms with Crippen molar-refractivity contribution in [1.29, 1.82) is 0 Å². The number of pyridine rings is 1. The molecule has 0 spiro atoms. The number of nitrogens with zero attached hydrogens (tertiary/aromatic N) is 6. The molecule has 10 rings (SSSR count). The first kappa shape index (κ1) is 35.5. The Morgan fingerprint density at radius 2 is 0.983 bits per heavy atom. The van der Waals surface area contributed by atoms with Crippen LogP contribution in [-0.2, 0) is 10.8 Å². The van der Waals surface area contributed by atoms with E-state index in [-0.39, 0.29) is 10.8 Å². The molecule has 0 saturated carbocycles.